The van der Waals surface area contributed by atoms with Crippen molar-refractivity contribution in [3.8, 4) is 45.6 Å². The molecule has 5 unspecified atom stereocenters. The van der Waals surface area contributed by atoms with Crippen LogP contribution in [0, 0.1) is 0 Å². The Morgan fingerprint density at radius 3 is 2.32 bits per heavy atom. The molecule has 0 saturated carbocycles. The van der Waals surface area contributed by atoms with Crippen LogP contribution < -0.4 is 10.2 Å². The van der Waals surface area contributed by atoms with Crippen LogP contribution in [-0.4, -0.2) is 61.3 Å². The Balaban J connectivity index is 1.85. The van der Waals surface area contributed by atoms with Crippen LogP contribution in [0.5, 0.6) is 23.0 Å². The third-order valence-electron chi connectivity index (χ3n) is 5.09. The van der Waals surface area contributed by atoms with E-state index in [9.17, 15) is 35.4 Å². The summed E-state index contributed by atoms with van der Waals surface area (Å²) in [5, 5.41) is 59.8. The molecule has 31 heavy (non-hydrogen) atoms. The average molecular weight is 432 g/mol. The Bertz CT molecular complexity index is 1140. The van der Waals surface area contributed by atoms with E-state index in [0.29, 0.717) is 0 Å². The molecule has 6 N–H and O–H groups in total. The molecule has 10 heteroatoms. The highest BCUT2D eigenvalue weighted by molar-refractivity contribution is 5.75. The number of fused-ring (bicyclic) bond motifs is 1. The van der Waals surface area contributed by atoms with Gasteiger partial charge in [-0.05, 0) is 31.2 Å². The molecule has 1 aliphatic carbocycles. The van der Waals surface area contributed by atoms with Crippen molar-refractivity contribution in [1.29, 1.82) is 0 Å². The van der Waals surface area contributed by atoms with Gasteiger partial charge in [-0.2, -0.15) is 0 Å². The lowest BCUT2D eigenvalue weighted by Gasteiger charge is -2.39. The topological polar surface area (TPSA) is 170 Å². The molecule has 0 aromatic heterocycles. The number of hydrogen-bond acceptors (Lipinski definition) is 10. The second-order valence-corrected chi connectivity index (χ2v) is 7.30. The first kappa shape index (κ1) is 20.9. The maximum atomic E-state index is 11.8. The van der Waals surface area contributed by atoms with E-state index >= 15 is 0 Å². The molecule has 0 bridgehead atoms. The first-order chi connectivity index (χ1) is 14.7. The van der Waals surface area contributed by atoms with E-state index in [0.717, 1.165) is 12.1 Å². The molecular formula is C21H20O10. The summed E-state index contributed by atoms with van der Waals surface area (Å²) in [6.07, 6.45) is -6.75. The fourth-order valence-corrected chi connectivity index (χ4v) is 3.36. The summed E-state index contributed by atoms with van der Waals surface area (Å²) in [6, 6.07) is 7.29. The van der Waals surface area contributed by atoms with Gasteiger partial charge in [0.25, 0.3) is 0 Å². The van der Waals surface area contributed by atoms with Gasteiger partial charge in [0.1, 0.15) is 29.8 Å². The molecule has 3 aliphatic rings. The number of aliphatic hydroxyl groups is 3. The van der Waals surface area contributed by atoms with E-state index < -0.39 is 41.9 Å². The summed E-state index contributed by atoms with van der Waals surface area (Å²) < 4.78 is 17.0. The number of phenolic OH excluding ortho intramolecular Hbond substituents is 3. The normalized spacial score (nSPS) is 26.1. The summed E-state index contributed by atoms with van der Waals surface area (Å²) in [5.74, 6) is -1.24. The monoisotopic (exact) mass is 432 g/mol. The first-order valence-electron chi connectivity index (χ1n) is 9.35. The highest BCUT2D eigenvalue weighted by Crippen LogP contribution is 2.43. The number of hydrogen-bond donors (Lipinski definition) is 6. The fourth-order valence-electron chi connectivity index (χ4n) is 3.36. The van der Waals surface area contributed by atoms with E-state index in [4.69, 9.17) is 13.9 Å². The van der Waals surface area contributed by atoms with Crippen LogP contribution in [0.25, 0.3) is 22.6 Å². The Morgan fingerprint density at radius 2 is 1.61 bits per heavy atom. The number of ether oxygens (including phenoxy) is 2. The van der Waals surface area contributed by atoms with E-state index in [2.05, 4.69) is 0 Å². The van der Waals surface area contributed by atoms with Gasteiger partial charge in [-0.25, -0.2) is 0 Å². The van der Waals surface area contributed by atoms with Crippen LogP contribution in [0.1, 0.15) is 6.92 Å². The predicted molar refractivity (Wildman–Crippen MR) is 105 cm³/mol. The molecule has 10 nitrogen and oxygen atoms in total. The zero-order chi connectivity index (χ0) is 22.4. The average Bonchev–Trinajstić information content (AvgIpc) is 2.72. The summed E-state index contributed by atoms with van der Waals surface area (Å²) in [4.78, 5) is 11.8. The second-order valence-electron chi connectivity index (χ2n) is 7.30. The molecule has 164 valence electrons. The summed E-state index contributed by atoms with van der Waals surface area (Å²) in [7, 11) is 0. The molecule has 2 heterocycles. The maximum absolute atomic E-state index is 11.8. The van der Waals surface area contributed by atoms with Crippen LogP contribution in [0.3, 0.4) is 0 Å². The lowest BCUT2D eigenvalue weighted by Crippen LogP contribution is -2.58. The number of benzene rings is 2. The predicted octanol–water partition coefficient (Wildman–Crippen LogP) is 0.735. The highest BCUT2D eigenvalue weighted by Gasteiger charge is 2.43. The van der Waals surface area contributed by atoms with Gasteiger partial charge in [0.05, 0.1) is 11.7 Å². The van der Waals surface area contributed by atoms with Crippen LogP contribution in [0.2, 0.25) is 0 Å². The number of aliphatic hydroxyl groups excluding tert-OH is 3. The summed E-state index contributed by atoms with van der Waals surface area (Å²) >= 11 is 0. The van der Waals surface area contributed by atoms with Crippen LogP contribution in [0.15, 0.2) is 45.6 Å². The molecule has 1 fully saturated rings. The molecule has 1 aromatic carbocycles. The Kier molecular flexibility index (Phi) is 5.23. The SMILES string of the molecule is CC1OC(Oc2cc3c(O)cc(=O)cc-3oc2-c2ccc(O)c(O)c2)C(O)C(O)C1O. The largest absolute Gasteiger partial charge is 0.507 e. The molecule has 0 spiro atoms. The minimum atomic E-state index is -1.61. The minimum Gasteiger partial charge on any atom is -0.507 e. The third kappa shape index (κ3) is 3.77. The number of phenols is 3. The maximum Gasteiger partial charge on any atom is 0.229 e. The second kappa shape index (κ2) is 7.75. The standard InChI is InChI=1S/C21H20O10/c1-8-17(26)18(27)19(28)21(29-8)31-16-7-11-13(24)5-10(22)6-15(11)30-20(16)9-2-3-12(23)14(25)4-9/h2-8,17-19,21,23-28H,1H3. The fraction of sp³-hybridized carbons (Fsp3) is 0.286. The van der Waals surface area contributed by atoms with Crippen molar-refractivity contribution in [2.45, 2.75) is 37.6 Å². The van der Waals surface area contributed by atoms with Crippen molar-refractivity contribution in [3.05, 3.63) is 46.6 Å². The lowest BCUT2D eigenvalue weighted by molar-refractivity contribution is -0.268. The van der Waals surface area contributed by atoms with Crippen LogP contribution in [-0.2, 0) is 4.74 Å². The summed E-state index contributed by atoms with van der Waals surface area (Å²) in [6.45, 7) is 1.49. The smallest absolute Gasteiger partial charge is 0.229 e. The molecule has 4 rings (SSSR count). The molecule has 1 saturated heterocycles. The van der Waals surface area contributed by atoms with Gasteiger partial charge in [-0.3, -0.25) is 4.79 Å². The Morgan fingerprint density at radius 1 is 0.871 bits per heavy atom. The first-order valence-corrected chi connectivity index (χ1v) is 9.35. The molecule has 5 atom stereocenters. The summed E-state index contributed by atoms with van der Waals surface area (Å²) in [5.41, 5.74) is -0.138. The lowest BCUT2D eigenvalue weighted by atomic mass is 10.00. The molecule has 0 radical (unpaired) electrons. The van der Waals surface area contributed by atoms with Crippen LogP contribution >= 0.6 is 0 Å². The van der Waals surface area contributed by atoms with Gasteiger partial charge in [0.15, 0.2) is 28.4 Å². The third-order valence-corrected chi connectivity index (χ3v) is 5.09. The van der Waals surface area contributed by atoms with Crippen molar-refractivity contribution in [3.63, 3.8) is 0 Å². The minimum absolute atomic E-state index is 0.0168. The van der Waals surface area contributed by atoms with Gasteiger partial charge in [0, 0.05) is 17.7 Å². The van der Waals surface area contributed by atoms with Crippen molar-refractivity contribution in [2.24, 2.45) is 0 Å². The molecular weight excluding hydrogens is 412 g/mol. The van der Waals surface area contributed by atoms with Crippen molar-refractivity contribution >= 4 is 0 Å². The van der Waals surface area contributed by atoms with E-state index in [1.54, 1.807) is 0 Å². The highest BCUT2D eigenvalue weighted by atomic mass is 16.7. The Labute approximate surface area is 175 Å². The van der Waals surface area contributed by atoms with Gasteiger partial charge in [-0.1, -0.05) is 0 Å². The van der Waals surface area contributed by atoms with E-state index in [-0.39, 0.29) is 39.9 Å². The number of aromatic hydroxyl groups is 3. The number of rotatable bonds is 3. The Hall–Kier alpha value is -3.31. The zero-order valence-corrected chi connectivity index (χ0v) is 16.2. The van der Waals surface area contributed by atoms with Gasteiger partial charge in [0.2, 0.25) is 6.29 Å². The molecule has 1 aromatic rings. The zero-order valence-electron chi connectivity index (χ0n) is 16.2. The van der Waals surface area contributed by atoms with Crippen LogP contribution in [0.4, 0.5) is 0 Å². The van der Waals surface area contributed by atoms with E-state index in [1.165, 1.54) is 31.2 Å². The quantitative estimate of drug-likeness (QED) is 0.324. The molecule has 0 amide bonds. The van der Waals surface area contributed by atoms with E-state index in [1.807, 2.05) is 0 Å². The van der Waals surface area contributed by atoms with Crippen molar-refractivity contribution in [1.82, 2.24) is 0 Å². The van der Waals surface area contributed by atoms with Gasteiger partial charge >= 0.3 is 0 Å². The van der Waals surface area contributed by atoms with Crippen molar-refractivity contribution in [2.75, 3.05) is 0 Å². The van der Waals surface area contributed by atoms with Gasteiger partial charge in [-0.15, -0.1) is 0 Å². The van der Waals surface area contributed by atoms with Gasteiger partial charge < -0.3 is 44.5 Å². The van der Waals surface area contributed by atoms with Crippen molar-refractivity contribution < 1.29 is 44.5 Å². The molecule has 2 aliphatic heterocycles.